The highest BCUT2D eigenvalue weighted by Gasteiger charge is 2.10. The number of rotatable bonds is 5. The molecule has 0 saturated heterocycles. The Bertz CT molecular complexity index is 482. The van der Waals surface area contributed by atoms with Crippen LogP contribution in [0.25, 0.3) is 0 Å². The van der Waals surface area contributed by atoms with Crippen LogP contribution >= 0.6 is 11.3 Å². The van der Waals surface area contributed by atoms with E-state index in [0.29, 0.717) is 5.75 Å². The van der Waals surface area contributed by atoms with E-state index in [1.54, 1.807) is 11.3 Å². The number of carbonyl (C=O) groups is 1. The molecule has 1 aromatic heterocycles. The minimum absolute atomic E-state index is 0.0249. The first kappa shape index (κ1) is 12.6. The molecular formula is C14H15NO2S. The summed E-state index contributed by atoms with van der Waals surface area (Å²) in [6.45, 7) is 2.01. The summed E-state index contributed by atoms with van der Waals surface area (Å²) in [4.78, 5) is 12.8. The molecule has 94 valence electrons. The summed E-state index contributed by atoms with van der Waals surface area (Å²) in [6, 6.07) is 13.3. The van der Waals surface area contributed by atoms with E-state index in [9.17, 15) is 4.79 Å². The summed E-state index contributed by atoms with van der Waals surface area (Å²) in [5.74, 6) is 0.594. The van der Waals surface area contributed by atoms with Crippen LogP contribution < -0.4 is 10.1 Å². The van der Waals surface area contributed by atoms with Crippen molar-refractivity contribution in [2.75, 3.05) is 6.61 Å². The van der Waals surface area contributed by atoms with Gasteiger partial charge in [0.05, 0.1) is 6.04 Å². The van der Waals surface area contributed by atoms with Gasteiger partial charge >= 0.3 is 0 Å². The third kappa shape index (κ3) is 3.60. The van der Waals surface area contributed by atoms with Gasteiger partial charge in [0.15, 0.2) is 6.61 Å². The van der Waals surface area contributed by atoms with Crippen LogP contribution in [-0.4, -0.2) is 12.5 Å². The topological polar surface area (TPSA) is 38.3 Å². The predicted octanol–water partition coefficient (Wildman–Crippen LogP) is 3.00. The summed E-state index contributed by atoms with van der Waals surface area (Å²) in [5, 5.41) is 4.90. The number of thiophene rings is 1. The second-order valence-electron chi connectivity index (χ2n) is 3.91. The van der Waals surface area contributed by atoms with Gasteiger partial charge in [-0.3, -0.25) is 4.79 Å². The fourth-order valence-electron chi connectivity index (χ4n) is 1.56. The molecule has 1 amide bonds. The zero-order valence-electron chi connectivity index (χ0n) is 10.1. The summed E-state index contributed by atoms with van der Waals surface area (Å²) < 4.78 is 5.38. The number of hydrogen-bond acceptors (Lipinski definition) is 3. The Morgan fingerprint density at radius 3 is 2.72 bits per heavy atom. The molecule has 2 aromatic rings. The van der Waals surface area contributed by atoms with Crippen LogP contribution in [0.15, 0.2) is 47.8 Å². The predicted molar refractivity (Wildman–Crippen MR) is 72.8 cm³/mol. The van der Waals surface area contributed by atoms with E-state index in [0.717, 1.165) is 4.88 Å². The highest BCUT2D eigenvalue weighted by atomic mass is 32.1. The van der Waals surface area contributed by atoms with Crippen LogP contribution in [0.5, 0.6) is 5.75 Å². The van der Waals surface area contributed by atoms with Crippen molar-refractivity contribution >= 4 is 17.2 Å². The third-order valence-electron chi connectivity index (χ3n) is 2.46. The lowest BCUT2D eigenvalue weighted by atomic mass is 10.3. The molecule has 0 radical (unpaired) electrons. The standard InChI is InChI=1S/C14H15NO2S/c1-11(13-8-5-9-18-13)15-14(16)10-17-12-6-3-2-4-7-12/h2-9,11H,10H2,1H3,(H,15,16)/t11-/m1/s1. The normalized spacial score (nSPS) is 11.8. The van der Waals surface area contributed by atoms with Gasteiger partial charge in [-0.05, 0) is 30.5 Å². The first-order valence-corrected chi connectivity index (χ1v) is 6.64. The van der Waals surface area contributed by atoms with Gasteiger partial charge in [-0.15, -0.1) is 11.3 Å². The molecule has 0 aliphatic heterocycles. The van der Waals surface area contributed by atoms with E-state index in [4.69, 9.17) is 4.74 Å². The molecule has 18 heavy (non-hydrogen) atoms. The van der Waals surface area contributed by atoms with Crippen molar-refractivity contribution in [3.63, 3.8) is 0 Å². The van der Waals surface area contributed by atoms with E-state index >= 15 is 0 Å². The van der Waals surface area contributed by atoms with E-state index in [1.807, 2.05) is 54.8 Å². The maximum Gasteiger partial charge on any atom is 0.258 e. The van der Waals surface area contributed by atoms with Crippen LogP contribution in [0.1, 0.15) is 17.8 Å². The number of para-hydroxylation sites is 1. The Balaban J connectivity index is 1.79. The zero-order valence-corrected chi connectivity index (χ0v) is 10.9. The Morgan fingerprint density at radius 2 is 2.06 bits per heavy atom. The fourth-order valence-corrected chi connectivity index (χ4v) is 2.29. The molecule has 0 spiro atoms. The van der Waals surface area contributed by atoms with Gasteiger partial charge in [0.2, 0.25) is 0 Å². The molecular weight excluding hydrogens is 246 g/mol. The number of carbonyl (C=O) groups excluding carboxylic acids is 1. The smallest absolute Gasteiger partial charge is 0.258 e. The highest BCUT2D eigenvalue weighted by molar-refractivity contribution is 7.10. The fraction of sp³-hybridized carbons (Fsp3) is 0.214. The average Bonchev–Trinajstić information content (AvgIpc) is 2.91. The summed E-state index contributed by atoms with van der Waals surface area (Å²) in [5.41, 5.74) is 0. The quantitative estimate of drug-likeness (QED) is 0.898. The molecule has 3 nitrogen and oxygen atoms in total. The minimum Gasteiger partial charge on any atom is -0.484 e. The summed E-state index contributed by atoms with van der Waals surface area (Å²) in [7, 11) is 0. The number of amides is 1. The number of benzene rings is 1. The molecule has 2 rings (SSSR count). The largest absolute Gasteiger partial charge is 0.484 e. The van der Waals surface area contributed by atoms with Crippen LogP contribution in [0.2, 0.25) is 0 Å². The van der Waals surface area contributed by atoms with Crippen LogP contribution in [-0.2, 0) is 4.79 Å². The van der Waals surface area contributed by atoms with Gasteiger partial charge < -0.3 is 10.1 Å². The lowest BCUT2D eigenvalue weighted by molar-refractivity contribution is -0.123. The molecule has 0 fully saturated rings. The molecule has 1 N–H and O–H groups in total. The van der Waals surface area contributed by atoms with Gasteiger partial charge in [0.1, 0.15) is 5.75 Å². The van der Waals surface area contributed by atoms with Crippen LogP contribution in [0, 0.1) is 0 Å². The monoisotopic (exact) mass is 261 g/mol. The van der Waals surface area contributed by atoms with Crippen LogP contribution in [0.3, 0.4) is 0 Å². The van der Waals surface area contributed by atoms with Crippen molar-refractivity contribution in [3.05, 3.63) is 52.7 Å². The van der Waals surface area contributed by atoms with Gasteiger partial charge in [-0.1, -0.05) is 24.3 Å². The molecule has 0 bridgehead atoms. The maximum absolute atomic E-state index is 11.7. The molecule has 0 aliphatic rings. The lowest BCUT2D eigenvalue weighted by Gasteiger charge is -2.12. The van der Waals surface area contributed by atoms with Gasteiger partial charge in [0.25, 0.3) is 5.91 Å². The molecule has 0 unspecified atom stereocenters. The minimum atomic E-state index is -0.111. The Labute approximate surface area is 110 Å². The number of hydrogen-bond donors (Lipinski definition) is 1. The van der Waals surface area contributed by atoms with Gasteiger partial charge in [-0.25, -0.2) is 0 Å². The molecule has 1 atom stereocenters. The first-order chi connectivity index (χ1) is 8.75. The molecule has 0 saturated carbocycles. The van der Waals surface area contributed by atoms with E-state index in [1.165, 1.54) is 0 Å². The Kier molecular flexibility index (Phi) is 4.36. The maximum atomic E-state index is 11.7. The van der Waals surface area contributed by atoms with Crippen LogP contribution in [0.4, 0.5) is 0 Å². The third-order valence-corrected chi connectivity index (χ3v) is 3.52. The summed E-state index contributed by atoms with van der Waals surface area (Å²) in [6.07, 6.45) is 0. The van der Waals surface area contributed by atoms with E-state index in [2.05, 4.69) is 5.32 Å². The lowest BCUT2D eigenvalue weighted by Crippen LogP contribution is -2.30. The van der Waals surface area contributed by atoms with Crippen molar-refractivity contribution < 1.29 is 9.53 Å². The van der Waals surface area contributed by atoms with Gasteiger partial charge in [0, 0.05) is 4.88 Å². The molecule has 1 heterocycles. The van der Waals surface area contributed by atoms with E-state index < -0.39 is 0 Å². The first-order valence-electron chi connectivity index (χ1n) is 5.76. The molecule has 1 aromatic carbocycles. The average molecular weight is 261 g/mol. The Hall–Kier alpha value is -1.81. The molecule has 4 heteroatoms. The molecule has 0 aliphatic carbocycles. The SMILES string of the molecule is C[C@@H](NC(=O)COc1ccccc1)c1cccs1. The van der Waals surface area contributed by atoms with Crippen molar-refractivity contribution in [2.24, 2.45) is 0 Å². The van der Waals surface area contributed by atoms with Crippen molar-refractivity contribution in [1.29, 1.82) is 0 Å². The number of ether oxygens (including phenoxy) is 1. The summed E-state index contributed by atoms with van der Waals surface area (Å²) >= 11 is 1.63. The second kappa shape index (κ2) is 6.21. The van der Waals surface area contributed by atoms with Crippen molar-refractivity contribution in [1.82, 2.24) is 5.32 Å². The van der Waals surface area contributed by atoms with E-state index in [-0.39, 0.29) is 18.6 Å². The Morgan fingerprint density at radius 1 is 1.28 bits per heavy atom. The van der Waals surface area contributed by atoms with Gasteiger partial charge in [-0.2, -0.15) is 0 Å². The zero-order chi connectivity index (χ0) is 12.8. The second-order valence-corrected chi connectivity index (χ2v) is 4.89. The number of nitrogens with one attached hydrogen (secondary N) is 1. The van der Waals surface area contributed by atoms with Crippen molar-refractivity contribution in [2.45, 2.75) is 13.0 Å². The highest BCUT2D eigenvalue weighted by Crippen LogP contribution is 2.17. The van der Waals surface area contributed by atoms with Crippen molar-refractivity contribution in [3.8, 4) is 5.75 Å².